The summed E-state index contributed by atoms with van der Waals surface area (Å²) < 4.78 is 56.5. The van der Waals surface area contributed by atoms with E-state index in [9.17, 15) is 13.2 Å². The summed E-state index contributed by atoms with van der Waals surface area (Å²) in [5.74, 6) is 1.43. The van der Waals surface area contributed by atoms with Gasteiger partial charge in [0.15, 0.2) is 11.5 Å². The molecule has 0 aliphatic carbocycles. The van der Waals surface area contributed by atoms with Crippen LogP contribution in [-0.2, 0) is 6.18 Å². The standard InChI is InChI=1S/C19H17F3N6O3S/c1-29-12-7-10(8-13(30-2)15(12)31-3)24-17-26-16(23)28(27-17)18-25-11-5-4-9(19(20,21)22)6-14(11)32-18/h4-8H,1-3H3,(H3,23,24,26,27). The Morgan fingerprint density at radius 1 is 1.00 bits per heavy atom. The number of rotatable bonds is 6. The van der Waals surface area contributed by atoms with Crippen molar-refractivity contribution in [3.63, 3.8) is 0 Å². The first-order chi connectivity index (χ1) is 15.2. The molecule has 0 aliphatic heterocycles. The average Bonchev–Trinajstić information content (AvgIpc) is 3.34. The van der Waals surface area contributed by atoms with Gasteiger partial charge in [-0.3, -0.25) is 0 Å². The molecule has 32 heavy (non-hydrogen) atoms. The van der Waals surface area contributed by atoms with Gasteiger partial charge in [0.25, 0.3) is 0 Å². The summed E-state index contributed by atoms with van der Waals surface area (Å²) in [6.45, 7) is 0. The smallest absolute Gasteiger partial charge is 0.416 e. The zero-order valence-corrected chi connectivity index (χ0v) is 17.8. The van der Waals surface area contributed by atoms with Crippen molar-refractivity contribution in [1.82, 2.24) is 19.7 Å². The van der Waals surface area contributed by atoms with Gasteiger partial charge in [0.05, 0.1) is 37.1 Å². The van der Waals surface area contributed by atoms with E-state index >= 15 is 0 Å². The van der Waals surface area contributed by atoms with Crippen LogP contribution in [-0.4, -0.2) is 41.1 Å². The summed E-state index contributed by atoms with van der Waals surface area (Å²) in [5.41, 5.74) is 6.15. The van der Waals surface area contributed by atoms with Gasteiger partial charge >= 0.3 is 6.18 Å². The molecule has 2 aromatic carbocycles. The molecule has 0 unspecified atom stereocenters. The molecule has 13 heteroatoms. The van der Waals surface area contributed by atoms with E-state index in [0.29, 0.717) is 33.2 Å². The van der Waals surface area contributed by atoms with Crippen LogP contribution in [0.3, 0.4) is 0 Å². The van der Waals surface area contributed by atoms with Crippen LogP contribution in [0.4, 0.5) is 30.8 Å². The van der Waals surface area contributed by atoms with Crippen LogP contribution in [0.2, 0.25) is 0 Å². The number of anilines is 3. The highest BCUT2D eigenvalue weighted by Gasteiger charge is 2.31. The van der Waals surface area contributed by atoms with E-state index in [-0.39, 0.29) is 17.0 Å². The van der Waals surface area contributed by atoms with Crippen molar-refractivity contribution >= 4 is 39.1 Å². The minimum atomic E-state index is -4.44. The summed E-state index contributed by atoms with van der Waals surface area (Å²) in [6.07, 6.45) is -4.44. The number of methoxy groups -OCH3 is 3. The maximum Gasteiger partial charge on any atom is 0.416 e. The third-order valence-electron chi connectivity index (χ3n) is 4.44. The number of fused-ring (bicyclic) bond motifs is 1. The third kappa shape index (κ3) is 3.93. The van der Waals surface area contributed by atoms with Gasteiger partial charge in [-0.05, 0) is 18.2 Å². The van der Waals surface area contributed by atoms with Crippen molar-refractivity contribution in [2.24, 2.45) is 0 Å². The van der Waals surface area contributed by atoms with Crippen LogP contribution < -0.4 is 25.3 Å². The number of aromatic nitrogens is 4. The molecule has 3 N–H and O–H groups in total. The monoisotopic (exact) mass is 466 g/mol. The molecule has 0 atom stereocenters. The molecule has 4 rings (SSSR count). The minimum Gasteiger partial charge on any atom is -0.493 e. The average molecular weight is 466 g/mol. The molecule has 2 aromatic heterocycles. The Balaban J connectivity index is 1.67. The fourth-order valence-electron chi connectivity index (χ4n) is 2.98. The van der Waals surface area contributed by atoms with Crippen molar-refractivity contribution in [3.05, 3.63) is 35.9 Å². The molecule has 0 radical (unpaired) electrons. The first-order valence-corrected chi connectivity index (χ1v) is 9.83. The number of hydrogen-bond acceptors (Lipinski definition) is 9. The lowest BCUT2D eigenvalue weighted by Gasteiger charge is -2.14. The molecule has 168 valence electrons. The quantitative estimate of drug-likeness (QED) is 0.434. The Kier molecular flexibility index (Phi) is 5.42. The van der Waals surface area contributed by atoms with Crippen LogP contribution in [0.1, 0.15) is 5.56 Å². The minimum absolute atomic E-state index is 0.00930. The third-order valence-corrected chi connectivity index (χ3v) is 5.43. The SMILES string of the molecule is COc1cc(Nc2nc(N)n(-c3nc4ccc(C(F)(F)F)cc4s3)n2)cc(OC)c1OC. The second-order valence-corrected chi connectivity index (χ2v) is 7.43. The lowest BCUT2D eigenvalue weighted by Crippen LogP contribution is -2.03. The van der Waals surface area contributed by atoms with Gasteiger partial charge in [0.1, 0.15) is 0 Å². The van der Waals surface area contributed by atoms with E-state index in [1.807, 2.05) is 0 Å². The van der Waals surface area contributed by atoms with E-state index in [1.54, 1.807) is 12.1 Å². The van der Waals surface area contributed by atoms with Gasteiger partial charge < -0.3 is 25.3 Å². The number of alkyl halides is 3. The molecule has 0 spiro atoms. The lowest BCUT2D eigenvalue weighted by atomic mass is 10.2. The van der Waals surface area contributed by atoms with Crippen molar-refractivity contribution in [1.29, 1.82) is 0 Å². The summed E-state index contributed by atoms with van der Waals surface area (Å²) in [4.78, 5) is 8.47. The first-order valence-electron chi connectivity index (χ1n) is 9.01. The predicted molar refractivity (Wildman–Crippen MR) is 113 cm³/mol. The molecule has 0 aliphatic rings. The number of hydrogen-bond donors (Lipinski definition) is 2. The predicted octanol–water partition coefficient (Wildman–Crippen LogP) is 4.25. The highest BCUT2D eigenvalue weighted by Crippen LogP contribution is 2.40. The Labute approximate surface area is 183 Å². The zero-order valence-electron chi connectivity index (χ0n) is 17.0. The van der Waals surface area contributed by atoms with Crippen LogP contribution in [0.5, 0.6) is 17.2 Å². The first kappa shape index (κ1) is 21.5. The highest BCUT2D eigenvalue weighted by atomic mass is 32.1. The molecule has 0 saturated heterocycles. The van der Waals surface area contributed by atoms with Crippen LogP contribution in [0.25, 0.3) is 15.3 Å². The molecule has 9 nitrogen and oxygen atoms in total. The molecule has 4 aromatic rings. The van der Waals surface area contributed by atoms with Crippen molar-refractivity contribution < 1.29 is 27.4 Å². The summed E-state index contributed by atoms with van der Waals surface area (Å²) in [6, 6.07) is 6.65. The van der Waals surface area contributed by atoms with Crippen LogP contribution in [0.15, 0.2) is 30.3 Å². The normalized spacial score (nSPS) is 11.6. The van der Waals surface area contributed by atoms with E-state index in [1.165, 1.54) is 32.1 Å². The summed E-state index contributed by atoms with van der Waals surface area (Å²) in [7, 11) is 4.47. The Morgan fingerprint density at radius 3 is 2.28 bits per heavy atom. The number of halogens is 3. The van der Waals surface area contributed by atoms with E-state index in [0.717, 1.165) is 23.5 Å². The lowest BCUT2D eigenvalue weighted by molar-refractivity contribution is -0.137. The van der Waals surface area contributed by atoms with Gasteiger partial charge in [-0.1, -0.05) is 11.3 Å². The molecular weight excluding hydrogens is 449 g/mol. The number of thiazole rings is 1. The molecule has 2 heterocycles. The zero-order chi connectivity index (χ0) is 23.0. The number of nitrogens with one attached hydrogen (secondary N) is 1. The van der Waals surface area contributed by atoms with Gasteiger partial charge in [0.2, 0.25) is 22.8 Å². The topological polar surface area (TPSA) is 109 Å². The Morgan fingerprint density at radius 2 is 1.69 bits per heavy atom. The second kappa shape index (κ2) is 8.07. The fraction of sp³-hybridized carbons (Fsp3) is 0.211. The number of nitrogen functional groups attached to an aromatic ring is 1. The highest BCUT2D eigenvalue weighted by molar-refractivity contribution is 7.20. The largest absolute Gasteiger partial charge is 0.493 e. The fourth-order valence-corrected chi connectivity index (χ4v) is 3.95. The number of nitrogens with two attached hydrogens (primary N) is 1. The Bertz CT molecular complexity index is 1260. The van der Waals surface area contributed by atoms with Gasteiger partial charge in [-0.15, -0.1) is 5.10 Å². The summed E-state index contributed by atoms with van der Waals surface area (Å²) in [5, 5.41) is 7.55. The molecule has 0 saturated carbocycles. The van der Waals surface area contributed by atoms with E-state index < -0.39 is 11.7 Å². The van der Waals surface area contributed by atoms with Crippen molar-refractivity contribution in [2.75, 3.05) is 32.4 Å². The summed E-state index contributed by atoms with van der Waals surface area (Å²) >= 11 is 1.02. The molecule has 0 bridgehead atoms. The van der Waals surface area contributed by atoms with E-state index in [4.69, 9.17) is 19.9 Å². The molecular formula is C19H17F3N6O3S. The number of nitrogens with zero attached hydrogens (tertiary/aromatic N) is 4. The van der Waals surface area contributed by atoms with Crippen LogP contribution in [0, 0.1) is 0 Å². The van der Waals surface area contributed by atoms with Gasteiger partial charge in [0, 0.05) is 17.8 Å². The van der Waals surface area contributed by atoms with Crippen molar-refractivity contribution in [2.45, 2.75) is 6.18 Å². The maximum atomic E-state index is 13.0. The number of ether oxygens (including phenoxy) is 3. The molecule has 0 amide bonds. The maximum absolute atomic E-state index is 13.0. The molecule has 0 fully saturated rings. The van der Waals surface area contributed by atoms with E-state index in [2.05, 4.69) is 20.4 Å². The Hall–Kier alpha value is -3.74. The number of benzene rings is 2. The second-order valence-electron chi connectivity index (χ2n) is 6.42. The van der Waals surface area contributed by atoms with Gasteiger partial charge in [-0.2, -0.15) is 22.8 Å². The van der Waals surface area contributed by atoms with Crippen molar-refractivity contribution in [3.8, 4) is 22.4 Å². The van der Waals surface area contributed by atoms with Gasteiger partial charge in [-0.25, -0.2) is 4.98 Å². The van der Waals surface area contributed by atoms with Crippen LogP contribution >= 0.6 is 11.3 Å².